The molecule has 1 heterocycles. The Balaban J connectivity index is 2.58. The normalized spacial score (nSPS) is 28.8. The van der Waals surface area contributed by atoms with Gasteiger partial charge in [-0.2, -0.15) is 0 Å². The number of nitrogens with one attached hydrogen (secondary N) is 1. The van der Waals surface area contributed by atoms with E-state index in [1.165, 1.54) is 0 Å². The van der Waals surface area contributed by atoms with Crippen molar-refractivity contribution in [1.82, 2.24) is 5.32 Å². The Labute approximate surface area is 85.9 Å². The second-order valence-electron chi connectivity index (χ2n) is 4.59. The van der Waals surface area contributed by atoms with Gasteiger partial charge in [-0.1, -0.05) is 13.8 Å². The highest BCUT2D eigenvalue weighted by atomic mass is 16.4. The van der Waals surface area contributed by atoms with E-state index in [1.807, 2.05) is 0 Å². The Morgan fingerprint density at radius 1 is 1.43 bits per heavy atom. The molecule has 3 heteroatoms. The first kappa shape index (κ1) is 11.5. The molecule has 1 rings (SSSR count). The molecule has 0 aliphatic carbocycles. The van der Waals surface area contributed by atoms with Crippen molar-refractivity contribution in [2.75, 3.05) is 13.1 Å². The highest BCUT2D eigenvalue weighted by molar-refractivity contribution is 5.67. The molecule has 2 unspecified atom stereocenters. The van der Waals surface area contributed by atoms with Crippen LogP contribution < -0.4 is 5.32 Å². The molecule has 0 spiro atoms. The van der Waals surface area contributed by atoms with Crippen LogP contribution in [0.4, 0.5) is 0 Å². The Hall–Kier alpha value is -0.570. The van der Waals surface area contributed by atoms with Gasteiger partial charge in [-0.3, -0.25) is 4.79 Å². The molecule has 1 fully saturated rings. The monoisotopic (exact) mass is 199 g/mol. The third-order valence-corrected chi connectivity index (χ3v) is 3.24. The van der Waals surface area contributed by atoms with Crippen LogP contribution in [0.25, 0.3) is 0 Å². The molecule has 0 radical (unpaired) electrons. The minimum Gasteiger partial charge on any atom is -0.481 e. The molecule has 14 heavy (non-hydrogen) atoms. The van der Waals surface area contributed by atoms with E-state index in [0.717, 1.165) is 25.9 Å². The molecule has 0 amide bonds. The Morgan fingerprint density at radius 2 is 2.07 bits per heavy atom. The van der Waals surface area contributed by atoms with Crippen LogP contribution in [0.2, 0.25) is 0 Å². The molecule has 3 nitrogen and oxygen atoms in total. The van der Waals surface area contributed by atoms with E-state index in [2.05, 4.69) is 19.2 Å². The van der Waals surface area contributed by atoms with Crippen LogP contribution in [0.1, 0.15) is 33.1 Å². The van der Waals surface area contributed by atoms with Crippen molar-refractivity contribution in [2.45, 2.75) is 33.1 Å². The van der Waals surface area contributed by atoms with Crippen LogP contribution in [-0.2, 0) is 4.79 Å². The Morgan fingerprint density at radius 3 is 2.64 bits per heavy atom. The molecular weight excluding hydrogens is 178 g/mol. The van der Waals surface area contributed by atoms with E-state index in [-0.39, 0.29) is 0 Å². The highest BCUT2D eigenvalue weighted by Crippen LogP contribution is 2.30. The van der Waals surface area contributed by atoms with E-state index in [0.29, 0.717) is 24.2 Å². The van der Waals surface area contributed by atoms with Gasteiger partial charge < -0.3 is 10.4 Å². The van der Waals surface area contributed by atoms with Crippen molar-refractivity contribution in [3.63, 3.8) is 0 Å². The van der Waals surface area contributed by atoms with Gasteiger partial charge in [-0.05, 0) is 43.7 Å². The molecule has 1 aliphatic rings. The third kappa shape index (κ3) is 3.29. The van der Waals surface area contributed by atoms with Crippen LogP contribution in [0.3, 0.4) is 0 Å². The van der Waals surface area contributed by atoms with Gasteiger partial charge in [0.05, 0.1) is 0 Å². The number of carbonyl (C=O) groups is 1. The number of carboxylic acids is 1. The van der Waals surface area contributed by atoms with Gasteiger partial charge in [0.25, 0.3) is 0 Å². The average Bonchev–Trinajstić information content (AvgIpc) is 2.28. The van der Waals surface area contributed by atoms with E-state index in [9.17, 15) is 4.79 Å². The first-order chi connectivity index (χ1) is 6.61. The summed E-state index contributed by atoms with van der Waals surface area (Å²) in [6.45, 7) is 6.41. The summed E-state index contributed by atoms with van der Waals surface area (Å²) in [5.41, 5.74) is 0. The van der Waals surface area contributed by atoms with Crippen molar-refractivity contribution in [3.8, 4) is 0 Å². The van der Waals surface area contributed by atoms with Crippen molar-refractivity contribution in [3.05, 3.63) is 0 Å². The summed E-state index contributed by atoms with van der Waals surface area (Å²) in [6, 6.07) is 0. The molecule has 0 aromatic rings. The quantitative estimate of drug-likeness (QED) is 0.727. The molecule has 2 N–H and O–H groups in total. The van der Waals surface area contributed by atoms with Crippen LogP contribution in [-0.4, -0.2) is 24.2 Å². The fourth-order valence-corrected chi connectivity index (χ4v) is 2.49. The van der Waals surface area contributed by atoms with Crippen LogP contribution in [0.15, 0.2) is 0 Å². The lowest BCUT2D eigenvalue weighted by Crippen LogP contribution is -2.22. The van der Waals surface area contributed by atoms with Gasteiger partial charge in [0.1, 0.15) is 0 Å². The van der Waals surface area contributed by atoms with Crippen LogP contribution in [0.5, 0.6) is 0 Å². The van der Waals surface area contributed by atoms with E-state index in [1.54, 1.807) is 0 Å². The molecule has 0 bridgehead atoms. The maximum Gasteiger partial charge on any atom is 0.303 e. The number of hydrogen-bond acceptors (Lipinski definition) is 2. The molecule has 82 valence electrons. The van der Waals surface area contributed by atoms with Gasteiger partial charge in [0, 0.05) is 6.42 Å². The summed E-state index contributed by atoms with van der Waals surface area (Å²) in [5.74, 6) is 0.880. The van der Waals surface area contributed by atoms with E-state index < -0.39 is 5.97 Å². The SMILES string of the molecule is CC(C)C1CCNCCC1CC(=O)O. The largest absolute Gasteiger partial charge is 0.481 e. The Kier molecular flexibility index (Phi) is 4.39. The first-order valence-corrected chi connectivity index (χ1v) is 5.53. The fraction of sp³-hybridized carbons (Fsp3) is 0.909. The van der Waals surface area contributed by atoms with E-state index >= 15 is 0 Å². The van der Waals surface area contributed by atoms with Crippen LogP contribution in [0, 0.1) is 17.8 Å². The highest BCUT2D eigenvalue weighted by Gasteiger charge is 2.27. The number of aliphatic carboxylic acids is 1. The van der Waals surface area contributed by atoms with Gasteiger partial charge in [-0.25, -0.2) is 0 Å². The predicted octanol–water partition coefficient (Wildman–Crippen LogP) is 1.73. The van der Waals surface area contributed by atoms with Crippen molar-refractivity contribution >= 4 is 5.97 Å². The van der Waals surface area contributed by atoms with Gasteiger partial charge in [0.2, 0.25) is 0 Å². The van der Waals surface area contributed by atoms with Crippen LogP contribution >= 0.6 is 0 Å². The van der Waals surface area contributed by atoms with E-state index in [4.69, 9.17) is 5.11 Å². The first-order valence-electron chi connectivity index (χ1n) is 5.53. The predicted molar refractivity (Wildman–Crippen MR) is 56.2 cm³/mol. The van der Waals surface area contributed by atoms with Gasteiger partial charge >= 0.3 is 5.97 Å². The lowest BCUT2D eigenvalue weighted by Gasteiger charge is -2.26. The maximum atomic E-state index is 10.7. The molecule has 1 saturated heterocycles. The average molecular weight is 199 g/mol. The minimum absolute atomic E-state index is 0.338. The number of hydrogen-bond donors (Lipinski definition) is 2. The standard InChI is InChI=1S/C11H21NO2/c1-8(2)10-4-6-12-5-3-9(10)7-11(13)14/h8-10,12H,3-7H2,1-2H3,(H,13,14). The summed E-state index contributed by atoms with van der Waals surface area (Å²) < 4.78 is 0. The summed E-state index contributed by atoms with van der Waals surface area (Å²) in [4.78, 5) is 10.7. The lowest BCUT2D eigenvalue weighted by molar-refractivity contribution is -0.138. The van der Waals surface area contributed by atoms with Gasteiger partial charge in [-0.15, -0.1) is 0 Å². The van der Waals surface area contributed by atoms with Crippen molar-refractivity contribution < 1.29 is 9.90 Å². The zero-order chi connectivity index (χ0) is 10.6. The Bertz CT molecular complexity index is 192. The zero-order valence-electron chi connectivity index (χ0n) is 9.12. The number of rotatable bonds is 3. The number of carboxylic acid groups (broad SMARTS) is 1. The summed E-state index contributed by atoms with van der Waals surface area (Å²) in [6.07, 6.45) is 2.47. The van der Waals surface area contributed by atoms with Crippen molar-refractivity contribution in [1.29, 1.82) is 0 Å². The smallest absolute Gasteiger partial charge is 0.303 e. The van der Waals surface area contributed by atoms with Gasteiger partial charge in [0.15, 0.2) is 0 Å². The molecule has 0 aromatic heterocycles. The minimum atomic E-state index is -0.650. The molecule has 0 saturated carbocycles. The van der Waals surface area contributed by atoms with Crippen molar-refractivity contribution in [2.24, 2.45) is 17.8 Å². The lowest BCUT2D eigenvalue weighted by atomic mass is 9.78. The second-order valence-corrected chi connectivity index (χ2v) is 4.59. The zero-order valence-corrected chi connectivity index (χ0v) is 9.12. The molecular formula is C11H21NO2. The fourth-order valence-electron chi connectivity index (χ4n) is 2.49. The molecule has 2 atom stereocenters. The maximum absolute atomic E-state index is 10.7. The summed E-state index contributed by atoms with van der Waals surface area (Å²) in [7, 11) is 0. The molecule has 1 aliphatic heterocycles. The topological polar surface area (TPSA) is 49.3 Å². The summed E-state index contributed by atoms with van der Waals surface area (Å²) >= 11 is 0. The second kappa shape index (κ2) is 5.35. The third-order valence-electron chi connectivity index (χ3n) is 3.24. The summed E-state index contributed by atoms with van der Waals surface area (Å²) in [5, 5.41) is 12.2. The molecule has 0 aromatic carbocycles.